The molecule has 0 spiro atoms. The van der Waals surface area contributed by atoms with Gasteiger partial charge < -0.3 is 10.2 Å². The average molecular weight is 380 g/mol. The molecule has 0 atom stereocenters. The van der Waals surface area contributed by atoms with Crippen molar-refractivity contribution in [1.82, 2.24) is 10.2 Å². The van der Waals surface area contributed by atoms with Gasteiger partial charge in [0.25, 0.3) is 0 Å². The van der Waals surface area contributed by atoms with E-state index in [1.165, 1.54) is 24.9 Å². The number of nitrogens with one attached hydrogen (secondary N) is 1. The van der Waals surface area contributed by atoms with Crippen LogP contribution in [0, 0.1) is 28.6 Å². The summed E-state index contributed by atoms with van der Waals surface area (Å²) in [5.74, 6) is 0.617. The van der Waals surface area contributed by atoms with Crippen LogP contribution in [-0.4, -0.2) is 49.6 Å². The van der Waals surface area contributed by atoms with Gasteiger partial charge in [0.2, 0.25) is 5.91 Å². The predicted octanol–water partition coefficient (Wildman–Crippen LogP) is 2.66. The van der Waals surface area contributed by atoms with Gasteiger partial charge in [0.1, 0.15) is 6.42 Å². The van der Waals surface area contributed by atoms with E-state index in [1.54, 1.807) is 0 Å². The highest BCUT2D eigenvalue weighted by Gasteiger charge is 2.24. The first kappa shape index (κ1) is 20.2. The van der Waals surface area contributed by atoms with Gasteiger partial charge in [-0.15, -0.1) is 0 Å². The van der Waals surface area contributed by atoms with Crippen LogP contribution in [0.1, 0.15) is 44.1 Å². The lowest BCUT2D eigenvalue weighted by Gasteiger charge is -2.37. The van der Waals surface area contributed by atoms with Crippen molar-refractivity contribution >= 4 is 11.6 Å². The van der Waals surface area contributed by atoms with Crippen LogP contribution < -0.4 is 10.2 Å². The lowest BCUT2D eigenvalue weighted by Crippen LogP contribution is -2.47. The Kier molecular flexibility index (Phi) is 7.28. The summed E-state index contributed by atoms with van der Waals surface area (Å²) in [6.45, 7) is 5.38. The van der Waals surface area contributed by atoms with Gasteiger partial charge in [-0.3, -0.25) is 9.69 Å². The third-order valence-electron chi connectivity index (χ3n) is 6.04. The molecule has 2 fully saturated rings. The Labute approximate surface area is 167 Å². The van der Waals surface area contributed by atoms with Gasteiger partial charge in [-0.2, -0.15) is 10.5 Å². The van der Waals surface area contributed by atoms with Gasteiger partial charge in [-0.05, 0) is 68.8 Å². The number of carbonyl (C=O) groups excluding carboxylic acids is 1. The molecule has 1 aliphatic heterocycles. The van der Waals surface area contributed by atoms with Crippen LogP contribution in [0.15, 0.2) is 24.3 Å². The molecule has 3 rings (SSSR count). The minimum atomic E-state index is -0.133. The smallest absolute Gasteiger partial charge is 0.234 e. The van der Waals surface area contributed by atoms with Crippen molar-refractivity contribution in [3.8, 4) is 12.1 Å². The highest BCUT2D eigenvalue weighted by molar-refractivity contribution is 5.78. The highest BCUT2D eigenvalue weighted by Crippen LogP contribution is 2.27. The zero-order chi connectivity index (χ0) is 19.8. The molecule has 0 aromatic heterocycles. The summed E-state index contributed by atoms with van der Waals surface area (Å²) in [4.78, 5) is 16.5. The fourth-order valence-corrected chi connectivity index (χ4v) is 4.29. The third-order valence-corrected chi connectivity index (χ3v) is 6.04. The second kappa shape index (κ2) is 10.1. The van der Waals surface area contributed by atoms with E-state index < -0.39 is 0 Å². The maximum Gasteiger partial charge on any atom is 0.234 e. The minimum Gasteiger partial charge on any atom is -0.369 e. The average Bonchev–Trinajstić information content (AvgIpc) is 2.74. The molecular formula is C22H29N5O. The van der Waals surface area contributed by atoms with E-state index in [1.807, 2.05) is 30.3 Å². The first-order chi connectivity index (χ1) is 13.7. The Morgan fingerprint density at radius 1 is 1.04 bits per heavy atom. The molecule has 2 aliphatic rings. The molecule has 148 valence electrons. The number of piperazine rings is 1. The standard InChI is InChI=1S/C22H29N5O/c23-11-9-22(28)25-20-5-1-18(2-6-20)10-12-26-13-15-27(16-14-26)21-7-3-19(17-24)4-8-21/h3-4,7-8,18,20H,1-2,5-6,9-10,12-16H2,(H,25,28). The normalized spacial score (nSPS) is 22.9. The molecule has 1 aromatic rings. The van der Waals surface area contributed by atoms with E-state index in [0.717, 1.165) is 51.5 Å². The van der Waals surface area contributed by atoms with Crippen LogP contribution in [0.3, 0.4) is 0 Å². The lowest BCUT2D eigenvalue weighted by molar-refractivity contribution is -0.121. The van der Waals surface area contributed by atoms with Crippen LogP contribution in [-0.2, 0) is 4.79 Å². The highest BCUT2D eigenvalue weighted by atomic mass is 16.1. The van der Waals surface area contributed by atoms with Gasteiger partial charge in [-0.25, -0.2) is 0 Å². The van der Waals surface area contributed by atoms with Crippen LogP contribution in [0.2, 0.25) is 0 Å². The number of nitriles is 2. The van der Waals surface area contributed by atoms with Crippen molar-refractivity contribution < 1.29 is 4.79 Å². The molecule has 1 aromatic carbocycles. The number of nitrogens with zero attached hydrogens (tertiary/aromatic N) is 4. The molecule has 1 amide bonds. The summed E-state index contributed by atoms with van der Waals surface area (Å²) >= 11 is 0. The van der Waals surface area contributed by atoms with E-state index in [4.69, 9.17) is 10.5 Å². The predicted molar refractivity (Wildman–Crippen MR) is 109 cm³/mol. The van der Waals surface area contributed by atoms with E-state index in [9.17, 15) is 4.79 Å². The van der Waals surface area contributed by atoms with Gasteiger partial charge in [-0.1, -0.05) is 0 Å². The first-order valence-corrected chi connectivity index (χ1v) is 10.3. The number of carbonyl (C=O) groups is 1. The molecule has 28 heavy (non-hydrogen) atoms. The number of rotatable bonds is 6. The zero-order valence-electron chi connectivity index (χ0n) is 16.4. The van der Waals surface area contributed by atoms with Crippen molar-refractivity contribution in [3.63, 3.8) is 0 Å². The number of hydrogen-bond acceptors (Lipinski definition) is 5. The number of benzene rings is 1. The number of anilines is 1. The van der Waals surface area contributed by atoms with Crippen molar-refractivity contribution in [3.05, 3.63) is 29.8 Å². The lowest BCUT2D eigenvalue weighted by atomic mass is 9.84. The van der Waals surface area contributed by atoms with E-state index in [0.29, 0.717) is 5.56 Å². The monoisotopic (exact) mass is 379 g/mol. The summed E-state index contributed by atoms with van der Waals surface area (Å²) < 4.78 is 0. The topological polar surface area (TPSA) is 83.2 Å². The van der Waals surface area contributed by atoms with Crippen LogP contribution in [0.5, 0.6) is 0 Å². The maximum atomic E-state index is 11.5. The quantitative estimate of drug-likeness (QED) is 0.821. The Hall–Kier alpha value is -2.57. The summed E-state index contributed by atoms with van der Waals surface area (Å²) in [5, 5.41) is 20.5. The summed E-state index contributed by atoms with van der Waals surface area (Å²) in [5.41, 5.74) is 1.91. The minimum absolute atomic E-state index is 0.0334. The van der Waals surface area contributed by atoms with Gasteiger partial charge >= 0.3 is 0 Å². The summed E-state index contributed by atoms with van der Waals surface area (Å²) in [6.07, 6.45) is 5.61. The Balaban J connectivity index is 1.33. The van der Waals surface area contributed by atoms with Crippen LogP contribution in [0.25, 0.3) is 0 Å². The maximum absolute atomic E-state index is 11.5. The van der Waals surface area contributed by atoms with E-state index in [2.05, 4.69) is 21.2 Å². The fraction of sp³-hybridized carbons (Fsp3) is 0.591. The fourth-order valence-electron chi connectivity index (χ4n) is 4.29. The van der Waals surface area contributed by atoms with Crippen molar-refractivity contribution in [2.75, 3.05) is 37.6 Å². The van der Waals surface area contributed by atoms with Crippen molar-refractivity contribution in [2.24, 2.45) is 5.92 Å². The van der Waals surface area contributed by atoms with Gasteiger partial charge in [0.15, 0.2) is 0 Å². The molecular weight excluding hydrogens is 350 g/mol. The largest absolute Gasteiger partial charge is 0.369 e. The van der Waals surface area contributed by atoms with Crippen molar-refractivity contribution in [1.29, 1.82) is 10.5 Å². The van der Waals surface area contributed by atoms with Crippen molar-refractivity contribution in [2.45, 2.75) is 44.6 Å². The van der Waals surface area contributed by atoms with Crippen LogP contribution >= 0.6 is 0 Å². The molecule has 6 nitrogen and oxygen atoms in total. The summed E-state index contributed by atoms with van der Waals surface area (Å²) in [6, 6.07) is 12.2. The van der Waals surface area contributed by atoms with E-state index in [-0.39, 0.29) is 18.4 Å². The molecule has 0 bridgehead atoms. The molecule has 0 unspecified atom stereocenters. The Morgan fingerprint density at radius 3 is 2.32 bits per heavy atom. The Morgan fingerprint density at radius 2 is 1.71 bits per heavy atom. The zero-order valence-corrected chi connectivity index (χ0v) is 16.4. The molecule has 1 N–H and O–H groups in total. The molecule has 0 radical (unpaired) electrons. The number of amides is 1. The van der Waals surface area contributed by atoms with Crippen LogP contribution in [0.4, 0.5) is 5.69 Å². The number of hydrogen-bond donors (Lipinski definition) is 1. The molecule has 1 saturated heterocycles. The second-order valence-electron chi connectivity index (χ2n) is 7.90. The molecule has 6 heteroatoms. The Bertz CT molecular complexity index is 717. The summed E-state index contributed by atoms with van der Waals surface area (Å²) in [7, 11) is 0. The molecule has 1 aliphatic carbocycles. The molecule has 1 heterocycles. The first-order valence-electron chi connectivity index (χ1n) is 10.3. The SMILES string of the molecule is N#CCC(=O)NC1CCC(CCN2CCN(c3ccc(C#N)cc3)CC2)CC1. The second-order valence-corrected chi connectivity index (χ2v) is 7.90. The van der Waals surface area contributed by atoms with Gasteiger partial charge in [0.05, 0.1) is 17.7 Å². The third kappa shape index (κ3) is 5.71. The van der Waals surface area contributed by atoms with Gasteiger partial charge in [0, 0.05) is 37.9 Å². The molecule has 1 saturated carbocycles. The van der Waals surface area contributed by atoms with E-state index >= 15 is 0 Å².